The maximum Gasteiger partial charge on any atom is 0.313 e. The predicted molar refractivity (Wildman–Crippen MR) is 70.3 cm³/mol. The van der Waals surface area contributed by atoms with Crippen molar-refractivity contribution in [3.63, 3.8) is 0 Å². The van der Waals surface area contributed by atoms with E-state index >= 15 is 0 Å². The molecule has 0 spiro atoms. The molecule has 0 amide bonds. The molecule has 0 radical (unpaired) electrons. The summed E-state index contributed by atoms with van der Waals surface area (Å²) >= 11 is 5.84. The summed E-state index contributed by atoms with van der Waals surface area (Å²) in [6.45, 7) is 7.75. The number of rotatable bonds is 4. The Morgan fingerprint density at radius 1 is 1.12 bits per heavy atom. The first kappa shape index (κ1) is 14.0. The first-order valence-corrected chi connectivity index (χ1v) is 6.25. The van der Waals surface area contributed by atoms with Gasteiger partial charge in [-0.05, 0) is 37.5 Å². The van der Waals surface area contributed by atoms with Crippen LogP contribution in [0.1, 0.15) is 39.2 Å². The molecule has 1 aromatic carbocycles. The molecule has 0 N–H and O–H groups in total. The third-order valence-electron chi connectivity index (χ3n) is 2.50. The number of ether oxygens (including phenoxy) is 1. The fourth-order valence-corrected chi connectivity index (χ4v) is 1.89. The molecule has 0 fully saturated rings. The highest BCUT2D eigenvalue weighted by molar-refractivity contribution is 6.30. The summed E-state index contributed by atoms with van der Waals surface area (Å²) < 4.78 is 5.29. The van der Waals surface area contributed by atoms with Gasteiger partial charge < -0.3 is 4.74 Å². The Hall–Kier alpha value is -1.02. The topological polar surface area (TPSA) is 26.3 Å². The van der Waals surface area contributed by atoms with Crippen LogP contribution in [-0.2, 0) is 9.53 Å². The Balaban J connectivity index is 2.93. The highest BCUT2D eigenvalue weighted by atomic mass is 35.5. The second-order valence-corrected chi connectivity index (χ2v) is 5.20. The van der Waals surface area contributed by atoms with E-state index in [1.165, 1.54) is 0 Å². The Kier molecular flexibility index (Phi) is 5.01. The highest BCUT2D eigenvalue weighted by Gasteiger charge is 2.26. The molecule has 0 aliphatic carbocycles. The van der Waals surface area contributed by atoms with E-state index in [1.54, 1.807) is 12.1 Å². The molecule has 2 nitrogen and oxygen atoms in total. The van der Waals surface area contributed by atoms with Crippen LogP contribution in [0.25, 0.3) is 0 Å². The zero-order valence-electron chi connectivity index (χ0n) is 10.7. The van der Waals surface area contributed by atoms with Crippen LogP contribution in [0, 0.1) is 5.92 Å². The maximum atomic E-state index is 12.0. The van der Waals surface area contributed by atoms with E-state index in [2.05, 4.69) is 0 Å². The minimum atomic E-state index is -0.227. The molecular weight excluding hydrogens is 236 g/mol. The van der Waals surface area contributed by atoms with Crippen molar-refractivity contribution in [2.75, 3.05) is 0 Å². The van der Waals surface area contributed by atoms with Gasteiger partial charge in [-0.1, -0.05) is 37.6 Å². The lowest BCUT2D eigenvalue weighted by atomic mass is 9.88. The number of benzene rings is 1. The number of esters is 1. The van der Waals surface area contributed by atoms with Gasteiger partial charge in [-0.2, -0.15) is 0 Å². The van der Waals surface area contributed by atoms with Crippen molar-refractivity contribution in [3.8, 4) is 0 Å². The molecule has 94 valence electrons. The predicted octanol–water partition coefficient (Wildman–Crippen LogP) is 4.03. The molecule has 17 heavy (non-hydrogen) atoms. The lowest BCUT2D eigenvalue weighted by Gasteiger charge is -2.21. The Bertz CT molecular complexity index is 368. The summed E-state index contributed by atoms with van der Waals surface area (Å²) in [5, 5.41) is 0.675. The smallest absolute Gasteiger partial charge is 0.313 e. The van der Waals surface area contributed by atoms with E-state index in [9.17, 15) is 4.79 Å². The van der Waals surface area contributed by atoms with Crippen LogP contribution in [0.4, 0.5) is 0 Å². The van der Waals surface area contributed by atoms with Gasteiger partial charge in [0, 0.05) is 5.02 Å². The van der Waals surface area contributed by atoms with E-state index in [0.29, 0.717) is 5.02 Å². The minimum absolute atomic E-state index is 0.0870. The number of hydrogen-bond donors (Lipinski definition) is 0. The first-order valence-electron chi connectivity index (χ1n) is 5.87. The summed E-state index contributed by atoms with van der Waals surface area (Å²) in [6, 6.07) is 7.37. The van der Waals surface area contributed by atoms with Crippen molar-refractivity contribution in [2.24, 2.45) is 5.92 Å². The summed E-state index contributed by atoms with van der Waals surface area (Å²) in [5.74, 6) is -0.200. The van der Waals surface area contributed by atoms with E-state index in [0.717, 1.165) is 5.56 Å². The minimum Gasteiger partial charge on any atom is -0.462 e. The number of halogens is 1. The standard InChI is InChI=1S/C14H19ClO2/c1-9(2)13(14(16)17-10(3)4)11-5-7-12(15)8-6-11/h5-10,13H,1-4H3. The molecule has 3 heteroatoms. The molecule has 0 aromatic heterocycles. The van der Waals surface area contributed by atoms with Crippen LogP contribution in [0.5, 0.6) is 0 Å². The van der Waals surface area contributed by atoms with Gasteiger partial charge in [-0.15, -0.1) is 0 Å². The van der Waals surface area contributed by atoms with E-state index in [4.69, 9.17) is 16.3 Å². The average Bonchev–Trinajstić information content (AvgIpc) is 2.19. The summed E-state index contributed by atoms with van der Waals surface area (Å²) in [6.07, 6.45) is -0.0870. The van der Waals surface area contributed by atoms with Crippen LogP contribution in [0.3, 0.4) is 0 Å². The number of hydrogen-bond acceptors (Lipinski definition) is 2. The van der Waals surface area contributed by atoms with Crippen molar-refractivity contribution in [1.29, 1.82) is 0 Å². The van der Waals surface area contributed by atoms with Crippen molar-refractivity contribution in [1.82, 2.24) is 0 Å². The van der Waals surface area contributed by atoms with Crippen molar-refractivity contribution >= 4 is 17.6 Å². The van der Waals surface area contributed by atoms with Crippen LogP contribution in [0.15, 0.2) is 24.3 Å². The summed E-state index contributed by atoms with van der Waals surface area (Å²) in [7, 11) is 0. The monoisotopic (exact) mass is 254 g/mol. The molecule has 1 unspecified atom stereocenters. The average molecular weight is 255 g/mol. The van der Waals surface area contributed by atoms with Gasteiger partial charge in [0.1, 0.15) is 0 Å². The van der Waals surface area contributed by atoms with E-state index in [1.807, 2.05) is 39.8 Å². The Labute approximate surface area is 108 Å². The normalized spacial score (nSPS) is 12.9. The molecule has 0 aliphatic rings. The lowest BCUT2D eigenvalue weighted by molar-refractivity contribution is -0.150. The van der Waals surface area contributed by atoms with Gasteiger partial charge in [0.2, 0.25) is 0 Å². The zero-order valence-corrected chi connectivity index (χ0v) is 11.5. The van der Waals surface area contributed by atoms with Crippen LogP contribution in [0.2, 0.25) is 5.02 Å². The fraction of sp³-hybridized carbons (Fsp3) is 0.500. The number of carbonyl (C=O) groups excluding carboxylic acids is 1. The van der Waals surface area contributed by atoms with Gasteiger partial charge in [0.05, 0.1) is 12.0 Å². The molecule has 0 bridgehead atoms. The largest absolute Gasteiger partial charge is 0.462 e. The van der Waals surface area contributed by atoms with Gasteiger partial charge in [0.25, 0.3) is 0 Å². The van der Waals surface area contributed by atoms with E-state index < -0.39 is 0 Å². The molecule has 0 saturated carbocycles. The van der Waals surface area contributed by atoms with Gasteiger partial charge in [-0.3, -0.25) is 4.79 Å². The van der Waals surface area contributed by atoms with Gasteiger partial charge in [-0.25, -0.2) is 0 Å². The van der Waals surface area contributed by atoms with Crippen molar-refractivity contribution in [3.05, 3.63) is 34.9 Å². The molecule has 0 heterocycles. The molecule has 1 atom stereocenters. The van der Waals surface area contributed by atoms with Gasteiger partial charge >= 0.3 is 5.97 Å². The van der Waals surface area contributed by atoms with Crippen molar-refractivity contribution in [2.45, 2.75) is 39.7 Å². The Morgan fingerprint density at radius 3 is 2.06 bits per heavy atom. The van der Waals surface area contributed by atoms with Crippen LogP contribution < -0.4 is 0 Å². The lowest BCUT2D eigenvalue weighted by Crippen LogP contribution is -2.23. The van der Waals surface area contributed by atoms with Crippen molar-refractivity contribution < 1.29 is 9.53 Å². The number of carbonyl (C=O) groups is 1. The Morgan fingerprint density at radius 2 is 1.65 bits per heavy atom. The quantitative estimate of drug-likeness (QED) is 0.759. The maximum absolute atomic E-state index is 12.0. The third kappa shape index (κ3) is 4.04. The molecular formula is C14H19ClO2. The molecule has 1 rings (SSSR count). The van der Waals surface area contributed by atoms with Gasteiger partial charge in [0.15, 0.2) is 0 Å². The first-order chi connectivity index (χ1) is 7.91. The van der Waals surface area contributed by atoms with E-state index in [-0.39, 0.29) is 23.9 Å². The fourth-order valence-electron chi connectivity index (χ4n) is 1.77. The van der Waals surface area contributed by atoms with Crippen LogP contribution in [-0.4, -0.2) is 12.1 Å². The zero-order chi connectivity index (χ0) is 13.0. The second-order valence-electron chi connectivity index (χ2n) is 4.76. The second kappa shape index (κ2) is 6.06. The third-order valence-corrected chi connectivity index (χ3v) is 2.75. The SMILES string of the molecule is CC(C)OC(=O)C(c1ccc(Cl)cc1)C(C)C. The molecule has 0 saturated heterocycles. The van der Waals surface area contributed by atoms with Crippen LogP contribution >= 0.6 is 11.6 Å². The summed E-state index contributed by atoms with van der Waals surface area (Å²) in [5.41, 5.74) is 0.954. The molecule has 1 aromatic rings. The summed E-state index contributed by atoms with van der Waals surface area (Å²) in [4.78, 5) is 12.0. The molecule has 0 aliphatic heterocycles. The highest BCUT2D eigenvalue weighted by Crippen LogP contribution is 2.27.